The highest BCUT2D eigenvalue weighted by Crippen LogP contribution is 2.31. The van der Waals surface area contributed by atoms with Crippen LogP contribution in [0.2, 0.25) is 0 Å². The lowest BCUT2D eigenvalue weighted by molar-refractivity contribution is 0.100. The molecule has 0 spiro atoms. The van der Waals surface area contributed by atoms with Crippen LogP contribution in [0.15, 0.2) is 42.5 Å². The van der Waals surface area contributed by atoms with Gasteiger partial charge in [0.05, 0.1) is 11.1 Å². The van der Waals surface area contributed by atoms with Crippen molar-refractivity contribution >= 4 is 22.6 Å². The van der Waals surface area contributed by atoms with Gasteiger partial charge < -0.3 is 16.4 Å². The van der Waals surface area contributed by atoms with Crippen molar-refractivity contribution in [1.82, 2.24) is 15.3 Å². The summed E-state index contributed by atoms with van der Waals surface area (Å²) in [5.74, 6) is 0.446. The Kier molecular flexibility index (Phi) is 4.92. The minimum atomic E-state index is -0.529. The number of rotatable bonds is 4. The Hall–Kier alpha value is -3.06. The summed E-state index contributed by atoms with van der Waals surface area (Å²) >= 11 is 0. The molecule has 2 heterocycles. The quantitative estimate of drug-likeness (QED) is 0.648. The number of aromatic nitrogens is 2. The number of aryl methyl sites for hydroxylation is 1. The Morgan fingerprint density at radius 3 is 2.82 bits per heavy atom. The van der Waals surface area contributed by atoms with Gasteiger partial charge in [0.15, 0.2) is 0 Å². The first-order valence-electron chi connectivity index (χ1n) is 9.33. The molecular formula is C21H22FN5O. The fraction of sp³-hybridized carbons (Fsp3) is 0.286. The highest BCUT2D eigenvalue weighted by atomic mass is 19.1. The third kappa shape index (κ3) is 3.41. The lowest BCUT2D eigenvalue weighted by Gasteiger charge is -2.34. The Balaban J connectivity index is 1.75. The van der Waals surface area contributed by atoms with Gasteiger partial charge in [0.2, 0.25) is 0 Å². The van der Waals surface area contributed by atoms with Crippen LogP contribution in [0, 0.1) is 12.7 Å². The van der Waals surface area contributed by atoms with Crippen LogP contribution in [-0.4, -0.2) is 35.0 Å². The molecule has 1 aliphatic rings. The first-order chi connectivity index (χ1) is 13.5. The fourth-order valence-corrected chi connectivity index (χ4v) is 3.91. The number of amides is 1. The number of halogens is 1. The zero-order valence-electron chi connectivity index (χ0n) is 15.6. The Morgan fingerprint density at radius 2 is 2.04 bits per heavy atom. The molecule has 144 valence electrons. The van der Waals surface area contributed by atoms with E-state index in [1.807, 2.05) is 18.2 Å². The molecule has 1 unspecified atom stereocenters. The minimum absolute atomic E-state index is 0.00657. The van der Waals surface area contributed by atoms with Gasteiger partial charge in [-0.3, -0.25) is 4.79 Å². The molecule has 4 rings (SSSR count). The van der Waals surface area contributed by atoms with Crippen LogP contribution in [-0.2, 0) is 0 Å². The molecule has 0 aliphatic carbocycles. The molecule has 6 nitrogen and oxygen atoms in total. The minimum Gasteiger partial charge on any atom is -0.366 e. The van der Waals surface area contributed by atoms with Crippen molar-refractivity contribution in [2.75, 3.05) is 18.4 Å². The number of nitrogens with two attached hydrogens (primary N) is 1. The van der Waals surface area contributed by atoms with E-state index in [2.05, 4.69) is 20.6 Å². The van der Waals surface area contributed by atoms with Crippen LogP contribution in [0.3, 0.4) is 0 Å². The van der Waals surface area contributed by atoms with Crippen LogP contribution in [0.25, 0.3) is 10.9 Å². The third-order valence-electron chi connectivity index (χ3n) is 5.21. The van der Waals surface area contributed by atoms with Crippen molar-refractivity contribution in [3.63, 3.8) is 0 Å². The summed E-state index contributed by atoms with van der Waals surface area (Å²) in [6.45, 7) is 3.28. The van der Waals surface area contributed by atoms with Crippen LogP contribution in [0.1, 0.15) is 34.1 Å². The Morgan fingerprint density at radius 1 is 1.21 bits per heavy atom. The number of benzene rings is 2. The molecule has 7 heteroatoms. The number of piperidine rings is 1. The predicted octanol–water partition coefficient (Wildman–Crippen LogP) is 2.73. The number of primary amides is 1. The summed E-state index contributed by atoms with van der Waals surface area (Å²) in [5, 5.41) is 7.56. The van der Waals surface area contributed by atoms with Crippen LogP contribution in [0.4, 0.5) is 10.2 Å². The molecule has 4 N–H and O–H groups in total. The lowest BCUT2D eigenvalue weighted by Crippen LogP contribution is -2.44. The maximum absolute atomic E-state index is 14.4. The fourth-order valence-electron chi connectivity index (χ4n) is 3.91. The van der Waals surface area contributed by atoms with Gasteiger partial charge in [-0.15, -0.1) is 0 Å². The van der Waals surface area contributed by atoms with E-state index in [1.54, 1.807) is 25.1 Å². The number of nitrogens with one attached hydrogen (secondary N) is 2. The molecule has 2 aromatic carbocycles. The molecule has 0 bridgehead atoms. The van der Waals surface area contributed by atoms with Crippen molar-refractivity contribution < 1.29 is 9.18 Å². The molecule has 28 heavy (non-hydrogen) atoms. The molecule has 1 fully saturated rings. The monoisotopic (exact) mass is 379 g/mol. The summed E-state index contributed by atoms with van der Waals surface area (Å²) in [4.78, 5) is 20.8. The number of hydrogen-bond acceptors (Lipinski definition) is 5. The molecule has 1 aromatic heterocycles. The van der Waals surface area contributed by atoms with Gasteiger partial charge in [0.25, 0.3) is 5.91 Å². The van der Waals surface area contributed by atoms with Gasteiger partial charge in [0, 0.05) is 23.9 Å². The van der Waals surface area contributed by atoms with E-state index in [-0.39, 0.29) is 17.8 Å². The number of fused-ring (bicyclic) bond motifs is 1. The van der Waals surface area contributed by atoms with Crippen molar-refractivity contribution in [3.05, 3.63) is 65.2 Å². The third-order valence-corrected chi connectivity index (χ3v) is 5.21. The zero-order chi connectivity index (χ0) is 19.7. The summed E-state index contributed by atoms with van der Waals surface area (Å²) < 4.78 is 14.4. The number of anilines is 1. The standard InChI is InChI=1S/C21H22FN5O/c1-12-25-19-15(20(23)28)6-4-7-16(19)21(26-12)27-18-11-24-10-9-14(18)13-5-2-3-8-17(13)22/h2-8,14,18,24H,9-11H2,1H3,(H2,23,28)(H,25,26,27)/t14-,18?/m1/s1. The summed E-state index contributed by atoms with van der Waals surface area (Å²) in [7, 11) is 0. The van der Waals surface area contributed by atoms with Crippen LogP contribution < -0.4 is 16.4 Å². The van der Waals surface area contributed by atoms with Crippen LogP contribution in [0.5, 0.6) is 0 Å². The molecule has 3 aromatic rings. The molecule has 1 aliphatic heterocycles. The van der Waals surface area contributed by atoms with Gasteiger partial charge in [-0.25, -0.2) is 14.4 Å². The van der Waals surface area contributed by atoms with E-state index in [1.165, 1.54) is 6.07 Å². The topological polar surface area (TPSA) is 92.9 Å². The first kappa shape index (κ1) is 18.3. The van der Waals surface area contributed by atoms with Gasteiger partial charge in [-0.05, 0) is 43.7 Å². The van der Waals surface area contributed by atoms with E-state index < -0.39 is 5.91 Å². The van der Waals surface area contributed by atoms with E-state index in [9.17, 15) is 9.18 Å². The van der Waals surface area contributed by atoms with E-state index >= 15 is 0 Å². The average molecular weight is 379 g/mol. The smallest absolute Gasteiger partial charge is 0.250 e. The largest absolute Gasteiger partial charge is 0.366 e. The Bertz CT molecular complexity index is 1040. The van der Waals surface area contributed by atoms with Gasteiger partial charge in [0.1, 0.15) is 17.5 Å². The summed E-state index contributed by atoms with van der Waals surface area (Å²) in [5.41, 5.74) is 7.09. The van der Waals surface area contributed by atoms with E-state index in [0.717, 1.165) is 18.4 Å². The van der Waals surface area contributed by atoms with Crippen molar-refractivity contribution in [2.24, 2.45) is 5.73 Å². The van der Waals surface area contributed by atoms with Crippen molar-refractivity contribution in [2.45, 2.75) is 25.3 Å². The first-order valence-corrected chi connectivity index (χ1v) is 9.33. The highest BCUT2D eigenvalue weighted by molar-refractivity contribution is 6.07. The Labute approximate surface area is 162 Å². The second-order valence-corrected chi connectivity index (χ2v) is 7.06. The van der Waals surface area contributed by atoms with Gasteiger partial charge in [-0.1, -0.05) is 24.3 Å². The number of nitrogens with zero attached hydrogens (tertiary/aromatic N) is 2. The van der Waals surface area contributed by atoms with Crippen molar-refractivity contribution in [3.8, 4) is 0 Å². The number of carbonyl (C=O) groups excluding carboxylic acids is 1. The number of carbonyl (C=O) groups is 1. The lowest BCUT2D eigenvalue weighted by atomic mass is 9.85. The van der Waals surface area contributed by atoms with Crippen LogP contribution >= 0.6 is 0 Å². The average Bonchev–Trinajstić information content (AvgIpc) is 2.68. The van der Waals surface area contributed by atoms with Crippen molar-refractivity contribution in [1.29, 1.82) is 0 Å². The normalized spacial score (nSPS) is 19.5. The SMILES string of the molecule is Cc1nc(NC2CNCC[C@@H]2c2ccccc2F)c2cccc(C(N)=O)c2n1. The maximum atomic E-state index is 14.4. The molecule has 1 amide bonds. The summed E-state index contributed by atoms with van der Waals surface area (Å²) in [6.07, 6.45) is 0.813. The molecule has 1 saturated heterocycles. The number of hydrogen-bond donors (Lipinski definition) is 3. The maximum Gasteiger partial charge on any atom is 0.250 e. The zero-order valence-corrected chi connectivity index (χ0v) is 15.6. The van der Waals surface area contributed by atoms with Gasteiger partial charge in [-0.2, -0.15) is 0 Å². The highest BCUT2D eigenvalue weighted by Gasteiger charge is 2.29. The van der Waals surface area contributed by atoms with E-state index in [0.29, 0.717) is 34.8 Å². The van der Waals surface area contributed by atoms with E-state index in [4.69, 9.17) is 5.73 Å². The molecular weight excluding hydrogens is 357 g/mol. The predicted molar refractivity (Wildman–Crippen MR) is 107 cm³/mol. The summed E-state index contributed by atoms with van der Waals surface area (Å²) in [6, 6.07) is 12.1. The number of para-hydroxylation sites is 1. The molecule has 0 radical (unpaired) electrons. The van der Waals surface area contributed by atoms with Gasteiger partial charge >= 0.3 is 0 Å². The second-order valence-electron chi connectivity index (χ2n) is 7.06. The second kappa shape index (κ2) is 7.52. The molecule has 0 saturated carbocycles. The molecule has 2 atom stereocenters.